The molecule has 2 N–H and O–H groups in total. The molecule has 3 aromatic heterocycles. The van der Waals surface area contributed by atoms with Gasteiger partial charge in [-0.2, -0.15) is 0 Å². The molecule has 3 aromatic rings. The molecule has 1 aliphatic rings. The molecule has 0 aliphatic carbocycles. The van der Waals surface area contributed by atoms with E-state index in [1.54, 1.807) is 7.11 Å². The van der Waals surface area contributed by atoms with Crippen LogP contribution in [0, 0.1) is 6.92 Å². The van der Waals surface area contributed by atoms with E-state index in [9.17, 15) is 0 Å². The van der Waals surface area contributed by atoms with E-state index in [4.69, 9.17) is 9.47 Å². The highest BCUT2D eigenvalue weighted by Gasteiger charge is 2.23. The van der Waals surface area contributed by atoms with Gasteiger partial charge in [-0.3, -0.25) is 4.68 Å². The largest absolute Gasteiger partial charge is 0.479 e. The Bertz CT molecular complexity index is 892. The van der Waals surface area contributed by atoms with Crippen LogP contribution in [-0.2, 0) is 4.74 Å². The number of hydrogen-bond donors (Lipinski definition) is 2. The van der Waals surface area contributed by atoms with E-state index in [1.165, 1.54) is 0 Å². The number of rotatable bonds is 4. The second-order valence-corrected chi connectivity index (χ2v) is 6.37. The molecule has 4 heterocycles. The molecule has 7 nitrogen and oxygen atoms in total. The molecule has 132 valence electrons. The average molecular weight is 341 g/mol. The van der Waals surface area contributed by atoms with Gasteiger partial charge < -0.3 is 19.8 Å². The van der Waals surface area contributed by atoms with Crippen LogP contribution in [0.4, 0.5) is 5.69 Å². The number of methoxy groups -OCH3 is 1. The number of nitrogens with one attached hydrogen (secondary N) is 2. The first-order chi connectivity index (χ1) is 12.2. The molecule has 0 atom stereocenters. The number of ether oxygens (including phenoxy) is 2. The van der Waals surface area contributed by atoms with Gasteiger partial charge in [0.1, 0.15) is 5.65 Å². The Labute approximate surface area is 146 Å². The monoisotopic (exact) mass is 341 g/mol. The van der Waals surface area contributed by atoms with Crippen LogP contribution in [0.25, 0.3) is 22.2 Å². The Morgan fingerprint density at radius 1 is 1.32 bits per heavy atom. The van der Waals surface area contributed by atoms with Crippen molar-refractivity contribution in [3.63, 3.8) is 0 Å². The van der Waals surface area contributed by atoms with Gasteiger partial charge in [-0.25, -0.2) is 4.98 Å². The number of fused-ring (bicyclic) bond motifs is 1. The first-order valence-electron chi connectivity index (χ1n) is 8.58. The van der Waals surface area contributed by atoms with Gasteiger partial charge in [0.05, 0.1) is 24.4 Å². The summed E-state index contributed by atoms with van der Waals surface area (Å²) in [7, 11) is 3.59. The molecule has 0 bridgehead atoms. The van der Waals surface area contributed by atoms with Gasteiger partial charge in [0.15, 0.2) is 0 Å². The van der Waals surface area contributed by atoms with Crippen molar-refractivity contribution in [2.75, 3.05) is 32.7 Å². The summed E-state index contributed by atoms with van der Waals surface area (Å²) in [6.07, 6.45) is 7.86. The summed E-state index contributed by atoms with van der Waals surface area (Å²) in [5.41, 5.74) is 5.01. The van der Waals surface area contributed by atoms with Crippen LogP contribution in [0.1, 0.15) is 24.4 Å². The van der Waals surface area contributed by atoms with Gasteiger partial charge in [-0.1, -0.05) is 0 Å². The van der Waals surface area contributed by atoms with E-state index < -0.39 is 0 Å². The van der Waals surface area contributed by atoms with Gasteiger partial charge >= 0.3 is 0 Å². The number of anilines is 1. The summed E-state index contributed by atoms with van der Waals surface area (Å²) in [5, 5.41) is 9.10. The molecule has 7 heteroatoms. The molecule has 0 radical (unpaired) electrons. The molecule has 1 aliphatic heterocycles. The van der Waals surface area contributed by atoms with Crippen LogP contribution in [0.5, 0.6) is 5.88 Å². The topological polar surface area (TPSA) is 77.0 Å². The number of hydrogen-bond acceptors (Lipinski definition) is 5. The molecular formula is C18H23N5O2. The van der Waals surface area contributed by atoms with Crippen molar-refractivity contribution in [3.05, 3.63) is 24.2 Å². The lowest BCUT2D eigenvalue weighted by molar-refractivity contribution is 0.0659. The molecule has 0 unspecified atom stereocenters. The fraction of sp³-hybridized carbons (Fsp3) is 0.444. The van der Waals surface area contributed by atoms with E-state index in [2.05, 4.69) is 33.5 Å². The summed E-state index contributed by atoms with van der Waals surface area (Å²) in [6.45, 7) is 3.63. The van der Waals surface area contributed by atoms with Gasteiger partial charge in [-0.05, 0) is 25.3 Å². The summed E-state index contributed by atoms with van der Waals surface area (Å²) < 4.78 is 13.0. The van der Waals surface area contributed by atoms with Crippen molar-refractivity contribution in [1.29, 1.82) is 0 Å². The molecule has 1 saturated heterocycles. The van der Waals surface area contributed by atoms with Gasteiger partial charge in [0.25, 0.3) is 0 Å². The zero-order valence-electron chi connectivity index (χ0n) is 14.8. The zero-order valence-corrected chi connectivity index (χ0v) is 14.8. The predicted molar refractivity (Wildman–Crippen MR) is 97.2 cm³/mol. The third-order valence-electron chi connectivity index (χ3n) is 4.90. The van der Waals surface area contributed by atoms with E-state index in [-0.39, 0.29) is 0 Å². The van der Waals surface area contributed by atoms with Crippen LogP contribution < -0.4 is 10.1 Å². The Hall–Kier alpha value is -2.54. The number of aromatic nitrogens is 4. The summed E-state index contributed by atoms with van der Waals surface area (Å²) in [4.78, 5) is 7.79. The highest BCUT2D eigenvalue weighted by Crippen LogP contribution is 2.39. The summed E-state index contributed by atoms with van der Waals surface area (Å²) in [6, 6.07) is 0.347. The Kier molecular flexibility index (Phi) is 4.09. The fourth-order valence-electron chi connectivity index (χ4n) is 3.56. The van der Waals surface area contributed by atoms with Crippen LogP contribution in [0.3, 0.4) is 0 Å². The predicted octanol–water partition coefficient (Wildman–Crippen LogP) is 3.14. The maximum atomic E-state index is 5.57. The highest BCUT2D eigenvalue weighted by molar-refractivity contribution is 6.00. The smallest absolute Gasteiger partial charge is 0.240 e. The maximum Gasteiger partial charge on any atom is 0.240 e. The van der Waals surface area contributed by atoms with E-state index in [0.29, 0.717) is 11.9 Å². The minimum Gasteiger partial charge on any atom is -0.479 e. The highest BCUT2D eigenvalue weighted by atomic mass is 16.5. The number of pyridine rings is 1. The molecule has 0 saturated carbocycles. The third kappa shape index (κ3) is 2.64. The summed E-state index contributed by atoms with van der Waals surface area (Å²) >= 11 is 0. The lowest BCUT2D eigenvalue weighted by atomic mass is 10.1. The first kappa shape index (κ1) is 16.0. The van der Waals surface area contributed by atoms with Gasteiger partial charge in [-0.15, -0.1) is 5.10 Å². The fourth-order valence-corrected chi connectivity index (χ4v) is 3.56. The van der Waals surface area contributed by atoms with Crippen LogP contribution >= 0.6 is 0 Å². The molecule has 1 fully saturated rings. The minimum absolute atomic E-state index is 0.347. The molecular weight excluding hydrogens is 318 g/mol. The molecule has 0 amide bonds. The number of H-pyrrole nitrogens is 1. The second-order valence-electron chi connectivity index (χ2n) is 6.37. The third-order valence-corrected chi connectivity index (χ3v) is 4.90. The Morgan fingerprint density at radius 3 is 2.84 bits per heavy atom. The number of aromatic amines is 1. The van der Waals surface area contributed by atoms with E-state index >= 15 is 0 Å². The van der Waals surface area contributed by atoms with Crippen molar-refractivity contribution < 1.29 is 9.47 Å². The maximum absolute atomic E-state index is 5.57. The molecule has 4 rings (SSSR count). The summed E-state index contributed by atoms with van der Waals surface area (Å²) in [5.74, 6) is 0.623. The van der Waals surface area contributed by atoms with Crippen molar-refractivity contribution in [1.82, 2.24) is 19.7 Å². The van der Waals surface area contributed by atoms with E-state index in [1.807, 2.05) is 24.1 Å². The van der Waals surface area contributed by atoms with Crippen LogP contribution in [0.2, 0.25) is 0 Å². The SMILES string of the molecule is CNc1c(-c2cn(C3CCOCC3)nc2OC)cnc2[nH]cc(C)c12. The number of aryl methyl sites for hydroxylation is 1. The van der Waals surface area contributed by atoms with Gasteiger partial charge in [0.2, 0.25) is 5.88 Å². The minimum atomic E-state index is 0.347. The molecule has 0 spiro atoms. The number of nitrogens with zero attached hydrogens (tertiary/aromatic N) is 3. The van der Waals surface area contributed by atoms with Crippen LogP contribution in [-0.4, -0.2) is 47.1 Å². The van der Waals surface area contributed by atoms with Gasteiger partial charge in [0, 0.05) is 49.8 Å². The first-order valence-corrected chi connectivity index (χ1v) is 8.58. The standard InChI is InChI=1S/C18H23N5O2/c1-11-8-20-17-15(11)16(19-2)13(9-21-17)14-10-23(22-18(14)24-3)12-4-6-25-7-5-12/h8-10,12H,4-7H2,1-3H3,(H2,19,20,21). The average Bonchev–Trinajstić information content (AvgIpc) is 3.25. The molecule has 0 aromatic carbocycles. The normalized spacial score (nSPS) is 15.6. The van der Waals surface area contributed by atoms with Crippen LogP contribution in [0.15, 0.2) is 18.6 Å². The quantitative estimate of drug-likeness (QED) is 0.762. The Balaban J connectivity index is 1.85. The van der Waals surface area contributed by atoms with E-state index in [0.717, 1.165) is 59.5 Å². The van der Waals surface area contributed by atoms with Crippen molar-refractivity contribution in [2.24, 2.45) is 0 Å². The second kappa shape index (κ2) is 6.40. The molecule has 25 heavy (non-hydrogen) atoms. The zero-order chi connectivity index (χ0) is 17.4. The Morgan fingerprint density at radius 2 is 2.12 bits per heavy atom. The lowest BCUT2D eigenvalue weighted by Crippen LogP contribution is -2.19. The lowest BCUT2D eigenvalue weighted by Gasteiger charge is -2.22. The van der Waals surface area contributed by atoms with Crippen molar-refractivity contribution in [2.45, 2.75) is 25.8 Å². The van der Waals surface area contributed by atoms with Crippen molar-refractivity contribution >= 4 is 16.7 Å². The van der Waals surface area contributed by atoms with Crippen molar-refractivity contribution in [3.8, 4) is 17.0 Å².